The SMILES string of the molecule is COc1ccc(C(=O)c2ccc(C(F)(F)F)cn2)cc1. The number of pyridine rings is 1. The molecule has 20 heavy (non-hydrogen) atoms. The van der Waals surface area contributed by atoms with Gasteiger partial charge in [-0.05, 0) is 36.4 Å². The summed E-state index contributed by atoms with van der Waals surface area (Å²) in [4.78, 5) is 15.6. The van der Waals surface area contributed by atoms with Gasteiger partial charge in [0.1, 0.15) is 11.4 Å². The molecular formula is C14H10F3NO2. The summed E-state index contributed by atoms with van der Waals surface area (Å²) in [5, 5.41) is 0. The molecule has 0 aliphatic rings. The Balaban J connectivity index is 2.24. The van der Waals surface area contributed by atoms with Gasteiger partial charge < -0.3 is 4.74 Å². The maximum absolute atomic E-state index is 12.4. The largest absolute Gasteiger partial charge is 0.497 e. The van der Waals surface area contributed by atoms with Crippen LogP contribution >= 0.6 is 0 Å². The summed E-state index contributed by atoms with van der Waals surface area (Å²) in [5.41, 5.74) is -0.593. The summed E-state index contributed by atoms with van der Waals surface area (Å²) in [6.07, 6.45) is -3.81. The van der Waals surface area contributed by atoms with Crippen molar-refractivity contribution in [2.45, 2.75) is 6.18 Å². The molecular weight excluding hydrogens is 271 g/mol. The molecule has 1 aromatic heterocycles. The summed E-state index contributed by atoms with van der Waals surface area (Å²) < 4.78 is 42.1. The molecule has 3 nitrogen and oxygen atoms in total. The molecule has 2 rings (SSSR count). The van der Waals surface area contributed by atoms with Crippen molar-refractivity contribution in [3.05, 3.63) is 59.4 Å². The highest BCUT2D eigenvalue weighted by atomic mass is 19.4. The molecule has 0 unspecified atom stereocenters. The van der Waals surface area contributed by atoms with Crippen molar-refractivity contribution >= 4 is 5.78 Å². The van der Waals surface area contributed by atoms with Crippen molar-refractivity contribution < 1.29 is 22.7 Å². The van der Waals surface area contributed by atoms with Crippen LogP contribution in [-0.2, 0) is 6.18 Å². The number of halogens is 3. The number of hydrogen-bond acceptors (Lipinski definition) is 3. The number of methoxy groups -OCH3 is 1. The minimum Gasteiger partial charge on any atom is -0.497 e. The first kappa shape index (κ1) is 14.0. The fourth-order valence-corrected chi connectivity index (χ4v) is 1.59. The number of hydrogen-bond donors (Lipinski definition) is 0. The number of benzene rings is 1. The van der Waals surface area contributed by atoms with Crippen molar-refractivity contribution in [2.24, 2.45) is 0 Å². The van der Waals surface area contributed by atoms with Crippen molar-refractivity contribution in [1.29, 1.82) is 0 Å². The Kier molecular flexibility index (Phi) is 3.74. The van der Waals surface area contributed by atoms with Crippen molar-refractivity contribution in [3.63, 3.8) is 0 Å². The van der Waals surface area contributed by atoms with Crippen molar-refractivity contribution in [1.82, 2.24) is 4.98 Å². The lowest BCUT2D eigenvalue weighted by atomic mass is 10.1. The van der Waals surface area contributed by atoms with Crippen LogP contribution in [-0.4, -0.2) is 17.9 Å². The Morgan fingerprint density at radius 3 is 2.20 bits per heavy atom. The maximum Gasteiger partial charge on any atom is 0.417 e. The van der Waals surface area contributed by atoms with E-state index in [4.69, 9.17) is 4.74 Å². The molecule has 0 aliphatic carbocycles. The van der Waals surface area contributed by atoms with Crippen LogP contribution in [0.5, 0.6) is 5.75 Å². The molecule has 104 valence electrons. The molecule has 0 fully saturated rings. The molecule has 6 heteroatoms. The number of carbonyl (C=O) groups is 1. The molecule has 0 N–H and O–H groups in total. The smallest absolute Gasteiger partial charge is 0.417 e. The number of nitrogens with zero attached hydrogens (tertiary/aromatic N) is 1. The van der Waals surface area contributed by atoms with Crippen molar-refractivity contribution in [3.8, 4) is 5.75 Å². The first-order valence-electron chi connectivity index (χ1n) is 5.64. The molecule has 0 radical (unpaired) electrons. The Hall–Kier alpha value is -2.37. The average molecular weight is 281 g/mol. The van der Waals surface area contributed by atoms with Crippen LogP contribution in [0.1, 0.15) is 21.6 Å². The first-order valence-corrected chi connectivity index (χ1v) is 5.64. The molecule has 0 amide bonds. The molecule has 1 heterocycles. The molecule has 2 aromatic rings. The predicted octanol–water partition coefficient (Wildman–Crippen LogP) is 3.34. The zero-order valence-electron chi connectivity index (χ0n) is 10.4. The molecule has 0 aliphatic heterocycles. The highest BCUT2D eigenvalue weighted by Gasteiger charge is 2.30. The van der Waals surface area contributed by atoms with E-state index in [1.807, 2.05) is 0 Å². The predicted molar refractivity (Wildman–Crippen MR) is 65.7 cm³/mol. The number of aromatic nitrogens is 1. The quantitative estimate of drug-likeness (QED) is 0.810. The van der Waals surface area contributed by atoms with E-state index in [9.17, 15) is 18.0 Å². The van der Waals surface area contributed by atoms with E-state index in [-0.39, 0.29) is 5.69 Å². The minimum atomic E-state index is -4.46. The van der Waals surface area contributed by atoms with E-state index in [0.29, 0.717) is 17.5 Å². The highest BCUT2D eigenvalue weighted by Crippen LogP contribution is 2.28. The zero-order chi connectivity index (χ0) is 14.8. The Labute approximate surface area is 113 Å². The van der Waals surface area contributed by atoms with Gasteiger partial charge in [0.05, 0.1) is 12.7 Å². The summed E-state index contributed by atoms with van der Waals surface area (Å²) in [7, 11) is 1.49. The molecule has 0 atom stereocenters. The van der Waals surface area contributed by atoms with Crippen LogP contribution in [0.2, 0.25) is 0 Å². The highest BCUT2D eigenvalue weighted by molar-refractivity contribution is 6.07. The third-order valence-electron chi connectivity index (χ3n) is 2.68. The lowest BCUT2D eigenvalue weighted by Crippen LogP contribution is -2.09. The average Bonchev–Trinajstić information content (AvgIpc) is 2.46. The van der Waals surface area contributed by atoms with Gasteiger partial charge in [-0.3, -0.25) is 9.78 Å². The number of ether oxygens (including phenoxy) is 1. The topological polar surface area (TPSA) is 39.2 Å². The molecule has 1 aromatic carbocycles. The summed E-state index contributed by atoms with van der Waals surface area (Å²) in [6, 6.07) is 8.15. The Morgan fingerprint density at radius 2 is 1.75 bits per heavy atom. The number of rotatable bonds is 3. The standard InChI is InChI=1S/C14H10F3NO2/c1-20-11-5-2-9(3-6-11)13(19)12-7-4-10(8-18-12)14(15,16)17/h2-8H,1H3. The van der Waals surface area contributed by atoms with E-state index < -0.39 is 17.5 Å². The second kappa shape index (κ2) is 5.32. The Morgan fingerprint density at radius 1 is 1.10 bits per heavy atom. The second-order valence-corrected chi connectivity index (χ2v) is 3.99. The van der Waals surface area contributed by atoms with Crippen molar-refractivity contribution in [2.75, 3.05) is 7.11 Å². The minimum absolute atomic E-state index is 0.0387. The van der Waals surface area contributed by atoms with E-state index in [2.05, 4.69) is 4.98 Å². The number of carbonyl (C=O) groups excluding carboxylic acids is 1. The molecule has 0 saturated heterocycles. The van der Waals surface area contributed by atoms with Crippen LogP contribution in [0, 0.1) is 0 Å². The fraction of sp³-hybridized carbons (Fsp3) is 0.143. The van der Waals surface area contributed by atoms with Gasteiger partial charge in [-0.2, -0.15) is 13.2 Å². The van der Waals surface area contributed by atoms with Gasteiger partial charge in [0.2, 0.25) is 5.78 Å². The van der Waals surface area contributed by atoms with Crippen LogP contribution in [0.3, 0.4) is 0 Å². The summed E-state index contributed by atoms with van der Waals surface area (Å²) in [5.74, 6) is 0.142. The zero-order valence-corrected chi connectivity index (χ0v) is 10.4. The first-order chi connectivity index (χ1) is 9.41. The monoisotopic (exact) mass is 281 g/mol. The Bertz CT molecular complexity index is 604. The molecule has 0 spiro atoms. The van der Waals surface area contributed by atoms with Gasteiger partial charge >= 0.3 is 6.18 Å². The van der Waals surface area contributed by atoms with Gasteiger partial charge in [-0.25, -0.2) is 0 Å². The molecule has 0 bridgehead atoms. The van der Waals surface area contributed by atoms with Crippen LogP contribution < -0.4 is 4.74 Å². The molecule has 0 saturated carbocycles. The lowest BCUT2D eigenvalue weighted by molar-refractivity contribution is -0.137. The van der Waals surface area contributed by atoms with Gasteiger partial charge in [0.25, 0.3) is 0 Å². The van der Waals surface area contributed by atoms with E-state index in [1.54, 1.807) is 12.1 Å². The fourth-order valence-electron chi connectivity index (χ4n) is 1.59. The van der Waals surface area contributed by atoms with Gasteiger partial charge in [-0.1, -0.05) is 0 Å². The third-order valence-corrected chi connectivity index (χ3v) is 2.68. The number of alkyl halides is 3. The lowest BCUT2D eigenvalue weighted by Gasteiger charge is -2.06. The van der Waals surface area contributed by atoms with Gasteiger partial charge in [0, 0.05) is 11.8 Å². The van der Waals surface area contributed by atoms with E-state index in [1.165, 1.54) is 19.2 Å². The number of ketones is 1. The van der Waals surface area contributed by atoms with Crippen LogP contribution in [0.15, 0.2) is 42.6 Å². The summed E-state index contributed by atoms with van der Waals surface area (Å²) >= 11 is 0. The van der Waals surface area contributed by atoms with E-state index in [0.717, 1.165) is 12.1 Å². The van der Waals surface area contributed by atoms with E-state index >= 15 is 0 Å². The maximum atomic E-state index is 12.4. The normalized spacial score (nSPS) is 11.2. The summed E-state index contributed by atoms with van der Waals surface area (Å²) in [6.45, 7) is 0. The third kappa shape index (κ3) is 2.96. The van der Waals surface area contributed by atoms with Gasteiger partial charge in [-0.15, -0.1) is 0 Å². The van der Waals surface area contributed by atoms with Crippen LogP contribution in [0.25, 0.3) is 0 Å². The second-order valence-electron chi connectivity index (χ2n) is 3.99. The van der Waals surface area contributed by atoms with Gasteiger partial charge in [0.15, 0.2) is 0 Å². The van der Waals surface area contributed by atoms with Crippen LogP contribution in [0.4, 0.5) is 13.2 Å².